The van der Waals surface area contributed by atoms with Crippen LogP contribution in [0.4, 0.5) is 0 Å². The minimum atomic E-state index is 0.251. The lowest BCUT2D eigenvalue weighted by atomic mass is 9.77. The van der Waals surface area contributed by atoms with Gasteiger partial charge in [0.15, 0.2) is 0 Å². The van der Waals surface area contributed by atoms with E-state index in [0.29, 0.717) is 0 Å². The number of rotatable bonds is 0. The summed E-state index contributed by atoms with van der Waals surface area (Å²) in [5, 5.41) is 0. The summed E-state index contributed by atoms with van der Waals surface area (Å²) >= 11 is 0. The van der Waals surface area contributed by atoms with Gasteiger partial charge in [0, 0.05) is 0 Å². The van der Waals surface area contributed by atoms with Gasteiger partial charge in [-0.1, -0.05) is 6.92 Å². The van der Waals surface area contributed by atoms with Gasteiger partial charge >= 0.3 is 0 Å². The van der Waals surface area contributed by atoms with Gasteiger partial charge in [-0.05, 0) is 44.4 Å². The highest BCUT2D eigenvalue weighted by atomic mass is 16.5. The average Bonchev–Trinajstić information content (AvgIpc) is 2.21. The zero-order valence-electron chi connectivity index (χ0n) is 7.60. The zero-order valence-corrected chi connectivity index (χ0v) is 7.60. The molecule has 1 aliphatic carbocycles. The van der Waals surface area contributed by atoms with Crippen molar-refractivity contribution in [2.45, 2.75) is 45.1 Å². The van der Waals surface area contributed by atoms with Crippen molar-refractivity contribution in [3.8, 4) is 0 Å². The third-order valence-electron chi connectivity index (χ3n) is 3.59. The molecular formula is C10H18O. The van der Waals surface area contributed by atoms with E-state index in [9.17, 15) is 0 Å². The van der Waals surface area contributed by atoms with Crippen LogP contribution >= 0.6 is 0 Å². The molecule has 1 unspecified atom stereocenters. The van der Waals surface area contributed by atoms with Gasteiger partial charge in [0.2, 0.25) is 0 Å². The first kappa shape index (κ1) is 7.60. The maximum absolute atomic E-state index is 5.89. The van der Waals surface area contributed by atoms with Crippen LogP contribution in [0.5, 0.6) is 0 Å². The van der Waals surface area contributed by atoms with E-state index in [1.54, 1.807) is 0 Å². The van der Waals surface area contributed by atoms with Crippen molar-refractivity contribution in [2.24, 2.45) is 11.8 Å². The molecule has 2 aliphatic heterocycles. The van der Waals surface area contributed by atoms with Crippen molar-refractivity contribution in [2.75, 3.05) is 6.61 Å². The summed E-state index contributed by atoms with van der Waals surface area (Å²) in [7, 11) is 0. The highest BCUT2D eigenvalue weighted by molar-refractivity contribution is 4.88. The molecule has 0 aromatic carbocycles. The molecule has 2 bridgehead atoms. The van der Waals surface area contributed by atoms with Crippen molar-refractivity contribution in [1.29, 1.82) is 0 Å². The van der Waals surface area contributed by atoms with Gasteiger partial charge in [-0.15, -0.1) is 0 Å². The molecule has 3 aliphatic rings. The third kappa shape index (κ3) is 1.31. The van der Waals surface area contributed by atoms with Gasteiger partial charge in [-0.2, -0.15) is 0 Å². The van der Waals surface area contributed by atoms with Crippen molar-refractivity contribution in [3.63, 3.8) is 0 Å². The first-order valence-electron chi connectivity index (χ1n) is 4.84. The van der Waals surface area contributed by atoms with Gasteiger partial charge in [0.1, 0.15) is 0 Å². The second kappa shape index (κ2) is 2.48. The summed E-state index contributed by atoms with van der Waals surface area (Å²) in [4.78, 5) is 0. The summed E-state index contributed by atoms with van der Waals surface area (Å²) in [5.74, 6) is 1.77. The van der Waals surface area contributed by atoms with Crippen LogP contribution in [0.3, 0.4) is 0 Å². The van der Waals surface area contributed by atoms with Gasteiger partial charge in [0.05, 0.1) is 12.2 Å². The molecule has 0 radical (unpaired) electrons. The Hall–Kier alpha value is -0.0400. The molecule has 1 heteroatoms. The maximum atomic E-state index is 5.89. The van der Waals surface area contributed by atoms with E-state index in [0.717, 1.165) is 18.4 Å². The molecular weight excluding hydrogens is 136 g/mol. The Bertz CT molecular complexity index is 145. The second-order valence-electron chi connectivity index (χ2n) is 4.58. The minimum absolute atomic E-state index is 0.251. The topological polar surface area (TPSA) is 9.23 Å². The SMILES string of the molecule is CC1COC2(C)CCC1CC2. The van der Waals surface area contributed by atoms with E-state index >= 15 is 0 Å². The number of ether oxygens (including phenoxy) is 1. The first-order chi connectivity index (χ1) is 5.20. The summed E-state index contributed by atoms with van der Waals surface area (Å²) < 4.78 is 5.89. The predicted molar refractivity (Wildman–Crippen MR) is 45.5 cm³/mol. The normalized spacial score (nSPS) is 50.7. The molecule has 2 saturated heterocycles. The molecule has 0 amide bonds. The van der Waals surface area contributed by atoms with Crippen LogP contribution < -0.4 is 0 Å². The molecule has 3 rings (SSSR count). The van der Waals surface area contributed by atoms with Gasteiger partial charge in [-0.25, -0.2) is 0 Å². The number of fused-ring (bicyclic) bond motifs is 4. The lowest BCUT2D eigenvalue weighted by molar-refractivity contribution is -0.0392. The van der Waals surface area contributed by atoms with E-state index in [1.165, 1.54) is 25.7 Å². The lowest BCUT2D eigenvalue weighted by Gasteiger charge is -2.32. The van der Waals surface area contributed by atoms with E-state index < -0.39 is 0 Å². The number of hydrogen-bond donors (Lipinski definition) is 0. The average molecular weight is 154 g/mol. The fourth-order valence-electron chi connectivity index (χ4n) is 2.43. The Balaban J connectivity index is 2.14. The molecule has 2 heterocycles. The predicted octanol–water partition coefficient (Wildman–Crippen LogP) is 2.60. The van der Waals surface area contributed by atoms with Crippen molar-refractivity contribution >= 4 is 0 Å². The molecule has 0 aromatic rings. The molecule has 64 valence electrons. The van der Waals surface area contributed by atoms with Crippen LogP contribution in [0.15, 0.2) is 0 Å². The first-order valence-corrected chi connectivity index (χ1v) is 4.84. The standard InChI is InChI=1S/C10H18O/c1-8-7-11-10(2)5-3-9(8)4-6-10/h8-9H,3-7H2,1-2H3. The molecule has 0 N–H and O–H groups in total. The monoisotopic (exact) mass is 154 g/mol. The Labute approximate surface area is 69.1 Å². The molecule has 0 spiro atoms. The maximum Gasteiger partial charge on any atom is 0.0654 e. The van der Waals surface area contributed by atoms with Crippen molar-refractivity contribution < 1.29 is 4.74 Å². The van der Waals surface area contributed by atoms with Gasteiger partial charge < -0.3 is 4.74 Å². The summed E-state index contributed by atoms with van der Waals surface area (Å²) in [6.07, 6.45) is 5.39. The lowest BCUT2D eigenvalue weighted by Crippen LogP contribution is -2.30. The number of hydrogen-bond acceptors (Lipinski definition) is 1. The molecule has 1 saturated carbocycles. The smallest absolute Gasteiger partial charge is 0.0654 e. The van der Waals surface area contributed by atoms with Crippen molar-refractivity contribution in [1.82, 2.24) is 0 Å². The highest BCUT2D eigenvalue weighted by Gasteiger charge is 2.37. The Kier molecular flexibility index (Phi) is 1.71. The zero-order chi connectivity index (χ0) is 7.90. The van der Waals surface area contributed by atoms with Crippen LogP contribution in [0.1, 0.15) is 39.5 Å². The Morgan fingerprint density at radius 2 is 1.91 bits per heavy atom. The second-order valence-corrected chi connectivity index (χ2v) is 4.58. The largest absolute Gasteiger partial charge is 0.375 e. The molecule has 11 heavy (non-hydrogen) atoms. The van der Waals surface area contributed by atoms with Crippen LogP contribution in [0, 0.1) is 11.8 Å². The molecule has 3 fully saturated rings. The van der Waals surface area contributed by atoms with E-state index in [2.05, 4.69) is 13.8 Å². The molecule has 1 nitrogen and oxygen atoms in total. The van der Waals surface area contributed by atoms with Crippen LogP contribution in [-0.2, 0) is 4.74 Å². The van der Waals surface area contributed by atoms with Crippen LogP contribution in [0.25, 0.3) is 0 Å². The fraction of sp³-hybridized carbons (Fsp3) is 1.00. The third-order valence-corrected chi connectivity index (χ3v) is 3.59. The van der Waals surface area contributed by atoms with Gasteiger partial charge in [-0.3, -0.25) is 0 Å². The molecule has 0 aromatic heterocycles. The molecule has 1 atom stereocenters. The van der Waals surface area contributed by atoms with E-state index in [-0.39, 0.29) is 5.60 Å². The van der Waals surface area contributed by atoms with Crippen LogP contribution in [0.2, 0.25) is 0 Å². The Morgan fingerprint density at radius 1 is 1.27 bits per heavy atom. The fourth-order valence-corrected chi connectivity index (χ4v) is 2.43. The minimum Gasteiger partial charge on any atom is -0.375 e. The van der Waals surface area contributed by atoms with Crippen LogP contribution in [-0.4, -0.2) is 12.2 Å². The van der Waals surface area contributed by atoms with E-state index in [1.807, 2.05) is 0 Å². The summed E-state index contributed by atoms with van der Waals surface area (Å²) in [6, 6.07) is 0. The highest BCUT2D eigenvalue weighted by Crippen LogP contribution is 2.41. The van der Waals surface area contributed by atoms with Crippen molar-refractivity contribution in [3.05, 3.63) is 0 Å². The van der Waals surface area contributed by atoms with E-state index in [4.69, 9.17) is 4.74 Å². The quantitative estimate of drug-likeness (QED) is 0.521. The summed E-state index contributed by atoms with van der Waals surface area (Å²) in [5.41, 5.74) is 0.251. The Morgan fingerprint density at radius 3 is 2.55 bits per heavy atom. The van der Waals surface area contributed by atoms with Gasteiger partial charge in [0.25, 0.3) is 0 Å². The summed E-state index contributed by atoms with van der Waals surface area (Å²) in [6.45, 7) is 5.62.